The first kappa shape index (κ1) is 23.9. The van der Waals surface area contributed by atoms with E-state index in [1.165, 1.54) is 15.4 Å². The van der Waals surface area contributed by atoms with Gasteiger partial charge in [-0.15, -0.1) is 0 Å². The highest BCUT2D eigenvalue weighted by Gasteiger charge is 2.29. The molecule has 0 aliphatic carbocycles. The van der Waals surface area contributed by atoms with Gasteiger partial charge in [-0.2, -0.15) is 0 Å². The molecular formula is C24H34N2O3S. The molecule has 0 fully saturated rings. The minimum absolute atomic E-state index is 0.297. The Labute approximate surface area is 181 Å². The van der Waals surface area contributed by atoms with Gasteiger partial charge in [-0.05, 0) is 73.9 Å². The molecule has 0 radical (unpaired) electrons. The third-order valence-corrected chi connectivity index (χ3v) is 6.38. The fourth-order valence-corrected chi connectivity index (χ4v) is 4.77. The molecule has 1 amide bonds. The van der Waals surface area contributed by atoms with Crippen LogP contribution in [0.15, 0.2) is 42.5 Å². The van der Waals surface area contributed by atoms with Gasteiger partial charge in [0.05, 0.1) is 11.9 Å². The summed E-state index contributed by atoms with van der Waals surface area (Å²) in [6, 6.07) is 13.3. The smallest absolute Gasteiger partial charge is 0.243 e. The molecule has 164 valence electrons. The van der Waals surface area contributed by atoms with Crippen molar-refractivity contribution < 1.29 is 13.2 Å². The summed E-state index contributed by atoms with van der Waals surface area (Å²) in [5, 5.41) is 2.89. The van der Waals surface area contributed by atoms with Gasteiger partial charge in [0.2, 0.25) is 15.9 Å². The molecule has 30 heavy (non-hydrogen) atoms. The molecule has 2 aromatic carbocycles. The maximum absolute atomic E-state index is 12.7. The van der Waals surface area contributed by atoms with Crippen molar-refractivity contribution in [2.45, 2.75) is 59.4 Å². The monoisotopic (exact) mass is 430 g/mol. The van der Waals surface area contributed by atoms with Crippen LogP contribution in [0.2, 0.25) is 0 Å². The van der Waals surface area contributed by atoms with Gasteiger partial charge in [-0.1, -0.05) is 44.2 Å². The Bertz CT molecular complexity index is 946. The molecule has 0 aliphatic rings. The van der Waals surface area contributed by atoms with Crippen molar-refractivity contribution in [2.75, 3.05) is 17.1 Å². The summed E-state index contributed by atoms with van der Waals surface area (Å²) in [4.78, 5) is 12.7. The number of hydrogen-bond donors (Lipinski definition) is 1. The summed E-state index contributed by atoms with van der Waals surface area (Å²) in [6.45, 7) is 10.3. The lowest BCUT2D eigenvalue weighted by Crippen LogP contribution is -2.48. The minimum atomic E-state index is -3.61. The van der Waals surface area contributed by atoms with Crippen LogP contribution in [-0.2, 0) is 21.2 Å². The number of carbonyl (C=O) groups excluding carboxylic acids is 1. The molecule has 0 spiro atoms. The van der Waals surface area contributed by atoms with Crippen LogP contribution in [0.5, 0.6) is 0 Å². The van der Waals surface area contributed by atoms with Gasteiger partial charge >= 0.3 is 0 Å². The molecule has 0 aromatic heterocycles. The summed E-state index contributed by atoms with van der Waals surface area (Å²) in [5.74, 6) is 0.213. The number of hydrogen-bond acceptors (Lipinski definition) is 3. The summed E-state index contributed by atoms with van der Waals surface area (Å²) in [5.41, 5.74) is 4.97. The Morgan fingerprint density at radius 1 is 1.00 bits per heavy atom. The van der Waals surface area contributed by atoms with Crippen LogP contribution in [0.3, 0.4) is 0 Å². The van der Waals surface area contributed by atoms with Gasteiger partial charge in [-0.3, -0.25) is 9.10 Å². The quantitative estimate of drug-likeness (QED) is 0.602. The fourth-order valence-electron chi connectivity index (χ4n) is 3.61. The van der Waals surface area contributed by atoms with E-state index < -0.39 is 16.1 Å². The van der Waals surface area contributed by atoms with Crippen molar-refractivity contribution in [1.82, 2.24) is 5.32 Å². The predicted octanol–water partition coefficient (Wildman–Crippen LogP) is 4.33. The van der Waals surface area contributed by atoms with Gasteiger partial charge in [0.25, 0.3) is 0 Å². The Morgan fingerprint density at radius 3 is 2.07 bits per heavy atom. The first-order valence-electron chi connectivity index (χ1n) is 10.4. The van der Waals surface area contributed by atoms with Gasteiger partial charge in [0.1, 0.15) is 6.04 Å². The summed E-state index contributed by atoms with van der Waals surface area (Å²) in [7, 11) is -3.61. The molecular weight excluding hydrogens is 396 g/mol. The lowest BCUT2D eigenvalue weighted by molar-refractivity contribution is -0.121. The highest BCUT2D eigenvalue weighted by molar-refractivity contribution is 7.92. The number of carbonyl (C=O) groups is 1. The van der Waals surface area contributed by atoms with E-state index in [-0.39, 0.29) is 5.91 Å². The van der Waals surface area contributed by atoms with Crippen molar-refractivity contribution in [1.29, 1.82) is 0 Å². The molecule has 1 atom stereocenters. The lowest BCUT2D eigenvalue weighted by Gasteiger charge is -2.28. The van der Waals surface area contributed by atoms with Gasteiger partial charge in [0.15, 0.2) is 0 Å². The average Bonchev–Trinajstić information content (AvgIpc) is 2.63. The molecule has 0 unspecified atom stereocenters. The van der Waals surface area contributed by atoms with Crippen LogP contribution in [0.25, 0.3) is 0 Å². The first-order chi connectivity index (χ1) is 14.0. The van der Waals surface area contributed by atoms with E-state index in [0.717, 1.165) is 30.2 Å². The van der Waals surface area contributed by atoms with E-state index >= 15 is 0 Å². The number of rotatable bonds is 9. The number of nitrogens with one attached hydrogen (secondary N) is 1. The van der Waals surface area contributed by atoms with E-state index in [2.05, 4.69) is 43.4 Å². The summed E-state index contributed by atoms with van der Waals surface area (Å²) < 4.78 is 26.1. The van der Waals surface area contributed by atoms with Crippen LogP contribution in [0.1, 0.15) is 55.4 Å². The van der Waals surface area contributed by atoms with Crippen LogP contribution in [0, 0.1) is 13.8 Å². The van der Waals surface area contributed by atoms with Crippen molar-refractivity contribution in [3.8, 4) is 0 Å². The van der Waals surface area contributed by atoms with E-state index in [1.807, 2.05) is 19.9 Å². The third kappa shape index (κ3) is 6.59. The van der Waals surface area contributed by atoms with Crippen molar-refractivity contribution in [3.63, 3.8) is 0 Å². The Balaban J connectivity index is 1.98. The van der Waals surface area contributed by atoms with Gasteiger partial charge in [0, 0.05) is 6.54 Å². The molecule has 6 heteroatoms. The zero-order valence-corrected chi connectivity index (χ0v) is 19.7. The number of benzene rings is 2. The Kier molecular flexibility index (Phi) is 8.07. The molecule has 0 saturated carbocycles. The number of amides is 1. The van der Waals surface area contributed by atoms with Crippen LogP contribution < -0.4 is 9.62 Å². The summed E-state index contributed by atoms with van der Waals surface area (Å²) in [6.07, 6.45) is 2.79. The molecule has 2 rings (SSSR count). The lowest BCUT2D eigenvalue weighted by atomic mass is 10.0. The number of anilines is 1. The maximum Gasteiger partial charge on any atom is 0.243 e. The van der Waals surface area contributed by atoms with Gasteiger partial charge < -0.3 is 5.32 Å². The predicted molar refractivity (Wildman–Crippen MR) is 125 cm³/mol. The second-order valence-corrected chi connectivity index (χ2v) is 10.2. The number of nitrogens with zero attached hydrogens (tertiary/aromatic N) is 1. The molecule has 1 N–H and O–H groups in total. The van der Waals surface area contributed by atoms with Crippen LogP contribution >= 0.6 is 0 Å². The zero-order chi connectivity index (χ0) is 22.5. The van der Waals surface area contributed by atoms with Crippen molar-refractivity contribution >= 4 is 21.6 Å². The molecule has 0 bridgehead atoms. The number of aryl methyl sites for hydroxylation is 3. The van der Waals surface area contributed by atoms with E-state index in [9.17, 15) is 13.2 Å². The fraction of sp³-hybridized carbons (Fsp3) is 0.458. The molecule has 5 nitrogen and oxygen atoms in total. The van der Waals surface area contributed by atoms with E-state index in [4.69, 9.17) is 0 Å². The zero-order valence-electron chi connectivity index (χ0n) is 18.9. The van der Waals surface area contributed by atoms with Crippen molar-refractivity contribution in [2.24, 2.45) is 0 Å². The second kappa shape index (κ2) is 10.1. The topological polar surface area (TPSA) is 66.5 Å². The highest BCUT2D eigenvalue weighted by Crippen LogP contribution is 2.24. The van der Waals surface area contributed by atoms with E-state index in [0.29, 0.717) is 18.2 Å². The molecule has 2 aromatic rings. The maximum atomic E-state index is 12.7. The standard InChI is InChI=1S/C24H34N2O3S/c1-17(2)22-11-9-21(10-12-22)8-7-13-25-24(27)20(5)26(30(6,28)29)23-15-18(3)14-19(4)16-23/h9-12,14-17,20H,7-8,13H2,1-6H3,(H,25,27)/t20-/m0/s1. The normalized spacial score (nSPS) is 12.6. The minimum Gasteiger partial charge on any atom is -0.354 e. The molecule has 0 heterocycles. The third-order valence-electron chi connectivity index (χ3n) is 5.14. The Hall–Kier alpha value is -2.34. The number of sulfonamides is 1. The second-order valence-electron chi connectivity index (χ2n) is 8.37. The van der Waals surface area contributed by atoms with Crippen molar-refractivity contribution in [3.05, 3.63) is 64.7 Å². The Morgan fingerprint density at radius 2 is 1.57 bits per heavy atom. The van der Waals surface area contributed by atoms with Crippen LogP contribution in [-0.4, -0.2) is 33.2 Å². The molecule has 0 saturated heterocycles. The SMILES string of the molecule is Cc1cc(C)cc(N([C@@H](C)C(=O)NCCCc2ccc(C(C)C)cc2)S(C)(=O)=O)c1. The van der Waals surface area contributed by atoms with E-state index in [1.54, 1.807) is 19.1 Å². The highest BCUT2D eigenvalue weighted by atomic mass is 32.2. The first-order valence-corrected chi connectivity index (χ1v) is 12.3. The average molecular weight is 431 g/mol. The largest absolute Gasteiger partial charge is 0.354 e. The van der Waals surface area contributed by atoms with Gasteiger partial charge in [-0.25, -0.2) is 8.42 Å². The van der Waals surface area contributed by atoms with Crippen LogP contribution in [0.4, 0.5) is 5.69 Å². The summed E-state index contributed by atoms with van der Waals surface area (Å²) >= 11 is 0. The molecule has 0 aliphatic heterocycles.